The molecule has 32 heavy (non-hydrogen) atoms. The highest BCUT2D eigenvalue weighted by Gasteiger charge is 2.29. The minimum Gasteiger partial charge on any atom is -0.449 e. The molecule has 3 N–H and O–H groups in total. The molecule has 1 aliphatic carbocycles. The van der Waals surface area contributed by atoms with Crippen LogP contribution in [0.5, 0.6) is 0 Å². The van der Waals surface area contributed by atoms with Gasteiger partial charge in [-0.15, -0.1) is 0 Å². The number of aliphatic hydroxyl groups is 2. The van der Waals surface area contributed by atoms with Crippen molar-refractivity contribution in [2.45, 2.75) is 23.3 Å². The van der Waals surface area contributed by atoms with Gasteiger partial charge < -0.3 is 20.3 Å². The SMILES string of the molecule is CSc1ncc(C(O)C(O)CNC(=O)OCC2c3ccccc3-c3ccccc32)c(Cl)n1. The second-order valence-electron chi connectivity index (χ2n) is 7.32. The molecule has 2 unspecified atom stereocenters. The van der Waals surface area contributed by atoms with E-state index < -0.39 is 18.3 Å². The topological polar surface area (TPSA) is 105 Å². The molecule has 7 nitrogen and oxygen atoms in total. The summed E-state index contributed by atoms with van der Waals surface area (Å²) in [4.78, 5) is 20.3. The first-order valence-corrected chi connectivity index (χ1v) is 11.6. The second kappa shape index (κ2) is 9.87. The number of rotatable bonds is 7. The number of nitrogens with zero attached hydrogens (tertiary/aromatic N) is 2. The Bertz CT molecular complexity index is 1080. The third-order valence-electron chi connectivity index (χ3n) is 5.41. The van der Waals surface area contributed by atoms with Crippen LogP contribution >= 0.6 is 23.4 Å². The number of hydrogen-bond acceptors (Lipinski definition) is 7. The molecule has 0 bridgehead atoms. The van der Waals surface area contributed by atoms with Gasteiger partial charge in [0.25, 0.3) is 0 Å². The van der Waals surface area contributed by atoms with Crippen molar-refractivity contribution in [3.05, 3.63) is 76.6 Å². The van der Waals surface area contributed by atoms with Crippen molar-refractivity contribution >= 4 is 29.5 Å². The molecule has 3 aromatic rings. The van der Waals surface area contributed by atoms with Gasteiger partial charge in [0.15, 0.2) is 5.16 Å². The quantitative estimate of drug-likeness (QED) is 0.273. The van der Waals surface area contributed by atoms with Gasteiger partial charge in [-0.05, 0) is 28.5 Å². The number of aromatic nitrogens is 2. The van der Waals surface area contributed by atoms with Crippen LogP contribution in [0.1, 0.15) is 28.7 Å². The summed E-state index contributed by atoms with van der Waals surface area (Å²) in [5, 5.41) is 23.6. The first-order chi connectivity index (χ1) is 15.5. The molecule has 2 atom stereocenters. The molecule has 1 aliphatic rings. The zero-order chi connectivity index (χ0) is 22.7. The number of carbonyl (C=O) groups excluding carboxylic acids is 1. The zero-order valence-electron chi connectivity index (χ0n) is 17.2. The van der Waals surface area contributed by atoms with E-state index in [1.807, 2.05) is 36.4 Å². The van der Waals surface area contributed by atoms with E-state index in [0.29, 0.717) is 5.16 Å². The number of carbonyl (C=O) groups is 1. The van der Waals surface area contributed by atoms with Gasteiger partial charge in [0, 0.05) is 24.2 Å². The van der Waals surface area contributed by atoms with Crippen LogP contribution in [0.3, 0.4) is 0 Å². The summed E-state index contributed by atoms with van der Waals surface area (Å²) in [7, 11) is 0. The van der Waals surface area contributed by atoms with E-state index in [1.165, 1.54) is 18.0 Å². The summed E-state index contributed by atoms with van der Waals surface area (Å²) in [5.74, 6) is -0.0606. The van der Waals surface area contributed by atoms with E-state index in [1.54, 1.807) is 6.26 Å². The predicted octanol–water partition coefficient (Wildman–Crippen LogP) is 3.78. The zero-order valence-corrected chi connectivity index (χ0v) is 18.8. The molecule has 9 heteroatoms. The third kappa shape index (κ3) is 4.59. The Hall–Kier alpha value is -2.65. The van der Waals surface area contributed by atoms with Crippen molar-refractivity contribution in [1.82, 2.24) is 15.3 Å². The van der Waals surface area contributed by atoms with E-state index in [0.717, 1.165) is 22.3 Å². The Balaban J connectivity index is 1.34. The van der Waals surface area contributed by atoms with Crippen LogP contribution in [0.25, 0.3) is 11.1 Å². The fourth-order valence-corrected chi connectivity index (χ4v) is 4.44. The number of benzene rings is 2. The van der Waals surface area contributed by atoms with Crippen molar-refractivity contribution in [2.75, 3.05) is 19.4 Å². The fourth-order valence-electron chi connectivity index (χ4n) is 3.81. The smallest absolute Gasteiger partial charge is 0.407 e. The monoisotopic (exact) mass is 471 g/mol. The molecular formula is C23H22ClN3O4S. The van der Waals surface area contributed by atoms with Crippen molar-refractivity contribution in [1.29, 1.82) is 0 Å². The van der Waals surface area contributed by atoms with Crippen LogP contribution in [-0.4, -0.2) is 51.8 Å². The van der Waals surface area contributed by atoms with Crippen molar-refractivity contribution in [3.63, 3.8) is 0 Å². The average molecular weight is 472 g/mol. The first kappa shape index (κ1) is 22.5. The highest BCUT2D eigenvalue weighted by Crippen LogP contribution is 2.44. The maximum atomic E-state index is 12.3. The van der Waals surface area contributed by atoms with Crippen LogP contribution in [-0.2, 0) is 4.74 Å². The van der Waals surface area contributed by atoms with Crippen molar-refractivity contribution in [3.8, 4) is 11.1 Å². The minimum atomic E-state index is -1.35. The normalized spacial score (nSPS) is 14.4. The molecule has 2 aromatic carbocycles. The number of alkyl carbamates (subject to hydrolysis) is 1. The van der Waals surface area contributed by atoms with Gasteiger partial charge >= 0.3 is 6.09 Å². The summed E-state index contributed by atoms with van der Waals surface area (Å²) >= 11 is 7.38. The molecule has 0 radical (unpaired) electrons. The van der Waals surface area contributed by atoms with Crippen LogP contribution in [0.15, 0.2) is 59.9 Å². The summed E-state index contributed by atoms with van der Waals surface area (Å²) in [6.45, 7) is -0.0627. The number of fused-ring (bicyclic) bond motifs is 3. The van der Waals surface area contributed by atoms with E-state index in [-0.39, 0.29) is 29.8 Å². The lowest BCUT2D eigenvalue weighted by Gasteiger charge is -2.19. The molecule has 1 amide bonds. The third-order valence-corrected chi connectivity index (χ3v) is 6.28. The Morgan fingerprint density at radius 3 is 2.38 bits per heavy atom. The van der Waals surface area contributed by atoms with Gasteiger partial charge in [0.05, 0.1) is 0 Å². The highest BCUT2D eigenvalue weighted by molar-refractivity contribution is 7.98. The average Bonchev–Trinajstić information content (AvgIpc) is 3.14. The van der Waals surface area contributed by atoms with E-state index in [4.69, 9.17) is 16.3 Å². The standard InChI is InChI=1S/C23H22ClN3O4S/c1-32-22-25-10-17(21(24)27-22)20(29)19(28)11-26-23(30)31-12-18-15-8-4-2-6-13(15)14-7-3-5-9-16(14)18/h2-10,18-20,28-29H,11-12H2,1H3,(H,26,30). The van der Waals surface area contributed by atoms with Gasteiger partial charge in [-0.2, -0.15) is 0 Å². The second-order valence-corrected chi connectivity index (χ2v) is 8.45. The van der Waals surface area contributed by atoms with E-state index in [2.05, 4.69) is 27.4 Å². The molecule has 0 fully saturated rings. The van der Waals surface area contributed by atoms with Gasteiger partial charge in [0.1, 0.15) is 24.0 Å². The lowest BCUT2D eigenvalue weighted by molar-refractivity contribution is 0.0181. The highest BCUT2D eigenvalue weighted by atomic mass is 35.5. The summed E-state index contributed by atoms with van der Waals surface area (Å²) in [6, 6.07) is 16.1. The van der Waals surface area contributed by atoms with Gasteiger partial charge in [-0.1, -0.05) is 71.9 Å². The van der Waals surface area contributed by atoms with Gasteiger partial charge in [-0.3, -0.25) is 0 Å². The summed E-state index contributed by atoms with van der Waals surface area (Å²) < 4.78 is 5.43. The molecule has 1 aromatic heterocycles. The van der Waals surface area contributed by atoms with E-state index >= 15 is 0 Å². The Labute approximate surface area is 194 Å². The maximum Gasteiger partial charge on any atom is 0.407 e. The molecule has 0 saturated carbocycles. The molecule has 0 saturated heterocycles. The number of aliphatic hydroxyl groups excluding tert-OH is 2. The van der Waals surface area contributed by atoms with Crippen LogP contribution < -0.4 is 5.32 Å². The summed E-state index contributed by atoms with van der Waals surface area (Å²) in [5.41, 5.74) is 4.69. The molecule has 0 aliphatic heterocycles. The number of ether oxygens (including phenoxy) is 1. The van der Waals surface area contributed by atoms with Crippen molar-refractivity contribution < 1.29 is 19.7 Å². The molecule has 1 heterocycles. The number of hydrogen-bond donors (Lipinski definition) is 3. The lowest BCUT2D eigenvalue weighted by atomic mass is 9.98. The minimum absolute atomic E-state index is 0.0528. The molecule has 4 rings (SSSR count). The van der Waals surface area contributed by atoms with Gasteiger partial charge in [-0.25, -0.2) is 14.8 Å². The maximum absolute atomic E-state index is 12.3. The summed E-state index contributed by atoms with van der Waals surface area (Å²) in [6.07, 6.45) is -0.181. The van der Waals surface area contributed by atoms with E-state index in [9.17, 15) is 15.0 Å². The Morgan fingerprint density at radius 1 is 1.16 bits per heavy atom. The van der Waals surface area contributed by atoms with Crippen LogP contribution in [0, 0.1) is 0 Å². The Kier molecular flexibility index (Phi) is 6.95. The molecule has 0 spiro atoms. The molecule has 166 valence electrons. The lowest BCUT2D eigenvalue weighted by Crippen LogP contribution is -2.36. The predicted molar refractivity (Wildman–Crippen MR) is 123 cm³/mol. The largest absolute Gasteiger partial charge is 0.449 e. The van der Waals surface area contributed by atoms with Crippen molar-refractivity contribution in [2.24, 2.45) is 0 Å². The first-order valence-electron chi connectivity index (χ1n) is 10.0. The fraction of sp³-hybridized carbons (Fsp3) is 0.261. The number of thioether (sulfide) groups is 1. The number of nitrogens with one attached hydrogen (secondary N) is 1. The van der Waals surface area contributed by atoms with Gasteiger partial charge in [0.2, 0.25) is 0 Å². The van der Waals surface area contributed by atoms with Crippen LogP contribution in [0.4, 0.5) is 4.79 Å². The Morgan fingerprint density at radius 2 is 1.78 bits per heavy atom. The molecular weight excluding hydrogens is 450 g/mol. The number of halogens is 1. The number of amides is 1. The van der Waals surface area contributed by atoms with Crippen LogP contribution in [0.2, 0.25) is 5.15 Å².